The average Bonchev–Trinajstić information content (AvgIpc) is 2.31. The van der Waals surface area contributed by atoms with Crippen molar-refractivity contribution >= 4 is 6.08 Å². The first-order valence-corrected chi connectivity index (χ1v) is 5.12. The van der Waals surface area contributed by atoms with E-state index in [-0.39, 0.29) is 6.10 Å². The van der Waals surface area contributed by atoms with E-state index in [0.29, 0.717) is 6.08 Å². The van der Waals surface area contributed by atoms with E-state index >= 15 is 0 Å². The summed E-state index contributed by atoms with van der Waals surface area (Å²) in [5.74, 6) is -7.48. The third-order valence-electron chi connectivity index (χ3n) is 2.07. The third-order valence-corrected chi connectivity index (χ3v) is 2.07. The highest BCUT2D eigenvalue weighted by molar-refractivity contribution is 5.51. The SMILES string of the molecule is C=Cc1c(F)c(F)c(OCOC(C)C)c(F)c1F. The molecule has 6 heteroatoms. The second-order valence-electron chi connectivity index (χ2n) is 3.68. The fourth-order valence-corrected chi connectivity index (χ4v) is 1.16. The fraction of sp³-hybridized carbons (Fsp3) is 0.333. The predicted molar refractivity (Wildman–Crippen MR) is 58.1 cm³/mol. The minimum absolute atomic E-state index is 0.252. The first-order valence-electron chi connectivity index (χ1n) is 5.12. The summed E-state index contributed by atoms with van der Waals surface area (Å²) in [4.78, 5) is 0. The maximum absolute atomic E-state index is 13.4. The Morgan fingerprint density at radius 2 is 1.56 bits per heavy atom. The van der Waals surface area contributed by atoms with Crippen LogP contribution in [0.1, 0.15) is 19.4 Å². The lowest BCUT2D eigenvalue weighted by atomic mass is 10.1. The van der Waals surface area contributed by atoms with Crippen molar-refractivity contribution < 1.29 is 27.0 Å². The lowest BCUT2D eigenvalue weighted by Gasteiger charge is -2.12. The van der Waals surface area contributed by atoms with Crippen molar-refractivity contribution in [3.05, 3.63) is 35.4 Å². The largest absolute Gasteiger partial charge is 0.461 e. The molecule has 0 bridgehead atoms. The molecule has 0 aliphatic rings. The van der Waals surface area contributed by atoms with Crippen LogP contribution >= 0.6 is 0 Å². The summed E-state index contributed by atoms with van der Waals surface area (Å²) >= 11 is 0. The molecule has 1 rings (SSSR count). The second kappa shape index (κ2) is 5.86. The fourth-order valence-electron chi connectivity index (χ4n) is 1.16. The van der Waals surface area contributed by atoms with E-state index in [9.17, 15) is 17.6 Å². The van der Waals surface area contributed by atoms with Crippen LogP contribution in [0.3, 0.4) is 0 Å². The van der Waals surface area contributed by atoms with Gasteiger partial charge in [-0.15, -0.1) is 0 Å². The van der Waals surface area contributed by atoms with Crippen molar-refractivity contribution in [2.24, 2.45) is 0 Å². The summed E-state index contributed by atoms with van der Waals surface area (Å²) in [6.45, 7) is 5.88. The maximum Gasteiger partial charge on any atom is 0.204 e. The van der Waals surface area contributed by atoms with Gasteiger partial charge in [0, 0.05) is 0 Å². The van der Waals surface area contributed by atoms with Gasteiger partial charge in [0.05, 0.1) is 11.7 Å². The third kappa shape index (κ3) is 2.81. The molecule has 0 aliphatic carbocycles. The molecule has 0 unspecified atom stereocenters. The van der Waals surface area contributed by atoms with E-state index < -0.39 is 41.4 Å². The lowest BCUT2D eigenvalue weighted by molar-refractivity contribution is -0.0240. The van der Waals surface area contributed by atoms with Gasteiger partial charge in [-0.2, -0.15) is 8.78 Å². The normalized spacial score (nSPS) is 10.8. The number of hydrogen-bond acceptors (Lipinski definition) is 2. The minimum atomic E-state index is -1.61. The molecule has 0 saturated heterocycles. The molecule has 0 aliphatic heterocycles. The molecule has 1 aromatic carbocycles. The molecular weight excluding hydrogens is 252 g/mol. The monoisotopic (exact) mass is 264 g/mol. The van der Waals surface area contributed by atoms with Crippen LogP contribution in [0, 0.1) is 23.3 Å². The van der Waals surface area contributed by atoms with E-state index in [1.54, 1.807) is 13.8 Å². The van der Waals surface area contributed by atoms with Crippen LogP contribution in [0.4, 0.5) is 17.6 Å². The Morgan fingerprint density at radius 1 is 1.06 bits per heavy atom. The summed E-state index contributed by atoms with van der Waals surface area (Å²) in [6, 6.07) is 0. The molecular formula is C12H12F4O2. The number of benzene rings is 1. The van der Waals surface area contributed by atoms with Crippen LogP contribution in [0.15, 0.2) is 6.58 Å². The van der Waals surface area contributed by atoms with Gasteiger partial charge in [0.15, 0.2) is 24.2 Å². The second-order valence-corrected chi connectivity index (χ2v) is 3.68. The Morgan fingerprint density at radius 3 is 1.94 bits per heavy atom. The van der Waals surface area contributed by atoms with Crippen LogP contribution in [-0.2, 0) is 4.74 Å². The highest BCUT2D eigenvalue weighted by Gasteiger charge is 2.25. The summed E-state index contributed by atoms with van der Waals surface area (Å²) < 4.78 is 62.9. The molecule has 18 heavy (non-hydrogen) atoms. The predicted octanol–water partition coefficient (Wildman–Crippen LogP) is 3.65. The minimum Gasteiger partial charge on any atom is -0.461 e. The highest BCUT2D eigenvalue weighted by Crippen LogP contribution is 2.30. The van der Waals surface area contributed by atoms with Crippen molar-refractivity contribution in [1.29, 1.82) is 0 Å². The Bertz CT molecular complexity index is 429. The molecule has 0 fully saturated rings. The Hall–Kier alpha value is -1.56. The van der Waals surface area contributed by atoms with Gasteiger partial charge in [-0.3, -0.25) is 0 Å². The Labute approximate surface area is 102 Å². The molecule has 0 saturated carbocycles. The molecule has 0 atom stereocenters. The highest BCUT2D eigenvalue weighted by atomic mass is 19.2. The van der Waals surface area contributed by atoms with E-state index in [1.165, 1.54) is 0 Å². The van der Waals surface area contributed by atoms with Crippen molar-refractivity contribution in [3.63, 3.8) is 0 Å². The zero-order valence-corrected chi connectivity index (χ0v) is 9.90. The maximum atomic E-state index is 13.4. The molecule has 1 aromatic rings. The number of ether oxygens (including phenoxy) is 2. The van der Waals surface area contributed by atoms with Gasteiger partial charge in [0.2, 0.25) is 11.6 Å². The van der Waals surface area contributed by atoms with Crippen LogP contribution in [0.2, 0.25) is 0 Å². The number of halogens is 4. The molecule has 0 N–H and O–H groups in total. The number of hydrogen-bond donors (Lipinski definition) is 0. The molecule has 2 nitrogen and oxygen atoms in total. The van der Waals surface area contributed by atoms with E-state index in [1.807, 2.05) is 0 Å². The lowest BCUT2D eigenvalue weighted by Crippen LogP contribution is -2.12. The summed E-state index contributed by atoms with van der Waals surface area (Å²) in [5, 5.41) is 0. The van der Waals surface area contributed by atoms with Gasteiger partial charge < -0.3 is 9.47 Å². The quantitative estimate of drug-likeness (QED) is 0.459. The smallest absolute Gasteiger partial charge is 0.204 e. The van der Waals surface area contributed by atoms with Crippen molar-refractivity contribution in [1.82, 2.24) is 0 Å². The molecule has 0 amide bonds. The van der Waals surface area contributed by atoms with Gasteiger partial charge in [-0.05, 0) is 13.8 Å². The van der Waals surface area contributed by atoms with Crippen LogP contribution in [0.5, 0.6) is 5.75 Å². The summed E-state index contributed by atoms with van der Waals surface area (Å²) in [6.07, 6.45) is 0.434. The average molecular weight is 264 g/mol. The van der Waals surface area contributed by atoms with E-state index in [4.69, 9.17) is 4.74 Å². The Kier molecular flexibility index (Phi) is 4.72. The van der Waals surface area contributed by atoms with E-state index in [2.05, 4.69) is 11.3 Å². The molecule has 100 valence electrons. The standard InChI is InChI=1S/C12H12F4O2/c1-4-7-8(13)10(15)12(11(16)9(7)14)18-5-17-6(2)3/h4,6H,1,5H2,2-3H3. The van der Waals surface area contributed by atoms with Gasteiger partial charge >= 0.3 is 0 Å². The first-order chi connectivity index (χ1) is 8.40. The van der Waals surface area contributed by atoms with Gasteiger partial charge in [-0.1, -0.05) is 12.7 Å². The van der Waals surface area contributed by atoms with Crippen molar-refractivity contribution in [2.45, 2.75) is 20.0 Å². The molecule has 0 spiro atoms. The number of rotatable bonds is 5. The van der Waals surface area contributed by atoms with Crippen LogP contribution in [-0.4, -0.2) is 12.9 Å². The topological polar surface area (TPSA) is 18.5 Å². The summed E-state index contributed by atoms with van der Waals surface area (Å²) in [7, 11) is 0. The van der Waals surface area contributed by atoms with Crippen LogP contribution in [0.25, 0.3) is 6.08 Å². The zero-order chi connectivity index (χ0) is 13.9. The molecule has 0 heterocycles. The Balaban J connectivity index is 3.09. The van der Waals surface area contributed by atoms with Crippen LogP contribution < -0.4 is 4.74 Å². The van der Waals surface area contributed by atoms with Gasteiger partial charge in [0.25, 0.3) is 0 Å². The van der Waals surface area contributed by atoms with Gasteiger partial charge in [-0.25, -0.2) is 8.78 Å². The van der Waals surface area contributed by atoms with Crippen molar-refractivity contribution in [2.75, 3.05) is 6.79 Å². The molecule has 0 aromatic heterocycles. The van der Waals surface area contributed by atoms with E-state index in [0.717, 1.165) is 0 Å². The zero-order valence-electron chi connectivity index (χ0n) is 9.90. The molecule has 0 radical (unpaired) electrons. The summed E-state index contributed by atoms with van der Waals surface area (Å²) in [5.41, 5.74) is -0.873. The van der Waals surface area contributed by atoms with Crippen molar-refractivity contribution in [3.8, 4) is 5.75 Å². The van der Waals surface area contributed by atoms with Gasteiger partial charge in [0.1, 0.15) is 0 Å². The first kappa shape index (κ1) is 14.5.